The Morgan fingerprint density at radius 1 is 1.53 bits per heavy atom. The molecule has 0 spiro atoms. The molecule has 1 aliphatic heterocycles. The van der Waals surface area contributed by atoms with Crippen molar-refractivity contribution >= 4 is 11.7 Å². The molecule has 0 unspecified atom stereocenters. The Balaban J connectivity index is 1.95. The fraction of sp³-hybridized carbons (Fsp3) is 0.333. The Bertz CT molecular complexity index is 456. The average Bonchev–Trinajstić information content (AvgIpc) is 2.70. The maximum Gasteiger partial charge on any atom is 0.223 e. The summed E-state index contributed by atoms with van der Waals surface area (Å²) in [7, 11) is 1.58. The van der Waals surface area contributed by atoms with Gasteiger partial charge in [-0.15, -0.1) is 0 Å². The molecule has 5 nitrogen and oxygen atoms in total. The van der Waals surface area contributed by atoms with Crippen LogP contribution in [0.3, 0.4) is 0 Å². The van der Waals surface area contributed by atoms with Gasteiger partial charge in [-0.1, -0.05) is 0 Å². The molecule has 1 N–H and O–H groups in total. The van der Waals surface area contributed by atoms with Crippen molar-refractivity contribution in [2.45, 2.75) is 6.42 Å². The molecule has 2 rings (SSSR count). The summed E-state index contributed by atoms with van der Waals surface area (Å²) in [6.45, 7) is 0.392. The SMILES string of the molecule is CNC(=O)CCOc1ccc2c(c1)OCC2=O. The molecule has 17 heavy (non-hydrogen) atoms. The third-order valence-corrected chi connectivity index (χ3v) is 2.49. The highest BCUT2D eigenvalue weighted by Gasteiger charge is 2.21. The summed E-state index contributed by atoms with van der Waals surface area (Å²) in [5.74, 6) is 1.06. The standard InChI is InChI=1S/C12H13NO4/c1-13-12(15)4-5-16-8-2-3-9-10(14)7-17-11(9)6-8/h2-3,6H,4-5,7H2,1H3,(H,13,15). The van der Waals surface area contributed by atoms with Crippen LogP contribution in [0.25, 0.3) is 0 Å². The Kier molecular flexibility index (Phi) is 3.27. The Hall–Kier alpha value is -2.04. The predicted octanol–water partition coefficient (Wildman–Crippen LogP) is 0.777. The first kappa shape index (κ1) is 11.4. The summed E-state index contributed by atoms with van der Waals surface area (Å²) in [4.78, 5) is 22.3. The number of Topliss-reactive ketones (excluding diaryl/α,β-unsaturated/α-hetero) is 1. The van der Waals surface area contributed by atoms with Crippen molar-refractivity contribution in [3.05, 3.63) is 23.8 Å². The minimum absolute atomic E-state index is 0.0167. The number of carbonyl (C=O) groups is 2. The number of amides is 1. The second-order valence-electron chi connectivity index (χ2n) is 3.64. The Morgan fingerprint density at radius 2 is 2.35 bits per heavy atom. The minimum atomic E-state index is -0.0717. The normalized spacial score (nSPS) is 12.9. The van der Waals surface area contributed by atoms with E-state index in [1.165, 1.54) is 0 Å². The van der Waals surface area contributed by atoms with Gasteiger partial charge in [-0.2, -0.15) is 0 Å². The number of hydrogen-bond acceptors (Lipinski definition) is 4. The van der Waals surface area contributed by atoms with Crippen LogP contribution in [0.4, 0.5) is 0 Å². The lowest BCUT2D eigenvalue weighted by Gasteiger charge is -2.06. The predicted molar refractivity (Wildman–Crippen MR) is 60.4 cm³/mol. The minimum Gasteiger partial charge on any atom is -0.493 e. The van der Waals surface area contributed by atoms with E-state index in [2.05, 4.69) is 5.32 Å². The van der Waals surface area contributed by atoms with Gasteiger partial charge >= 0.3 is 0 Å². The molecule has 1 heterocycles. The molecule has 0 atom stereocenters. The molecule has 5 heteroatoms. The molecule has 1 aliphatic rings. The number of benzene rings is 1. The molecule has 0 fully saturated rings. The molecule has 0 aliphatic carbocycles. The second kappa shape index (κ2) is 4.86. The van der Waals surface area contributed by atoms with Gasteiger partial charge in [-0.3, -0.25) is 9.59 Å². The summed E-state index contributed by atoms with van der Waals surface area (Å²) in [6.07, 6.45) is 0.299. The maximum atomic E-state index is 11.3. The Morgan fingerprint density at radius 3 is 3.12 bits per heavy atom. The van der Waals surface area contributed by atoms with Crippen molar-refractivity contribution < 1.29 is 19.1 Å². The van der Waals surface area contributed by atoms with Crippen LogP contribution < -0.4 is 14.8 Å². The van der Waals surface area contributed by atoms with Gasteiger partial charge in [0.05, 0.1) is 18.6 Å². The van der Waals surface area contributed by atoms with Crippen LogP contribution in [0.5, 0.6) is 11.5 Å². The second-order valence-corrected chi connectivity index (χ2v) is 3.64. The molecule has 0 bridgehead atoms. The highest BCUT2D eigenvalue weighted by atomic mass is 16.5. The summed E-state index contributed by atoms with van der Waals surface area (Å²) < 4.78 is 10.6. The van der Waals surface area contributed by atoms with E-state index in [9.17, 15) is 9.59 Å². The van der Waals surface area contributed by atoms with E-state index in [1.54, 1.807) is 25.2 Å². The number of rotatable bonds is 4. The lowest BCUT2D eigenvalue weighted by atomic mass is 10.1. The topological polar surface area (TPSA) is 64.6 Å². The third-order valence-electron chi connectivity index (χ3n) is 2.49. The fourth-order valence-corrected chi connectivity index (χ4v) is 1.55. The zero-order chi connectivity index (χ0) is 12.3. The highest BCUT2D eigenvalue weighted by molar-refractivity contribution is 6.02. The lowest BCUT2D eigenvalue weighted by molar-refractivity contribution is -0.121. The van der Waals surface area contributed by atoms with Gasteiger partial charge in [0.25, 0.3) is 0 Å². The maximum absolute atomic E-state index is 11.3. The molecule has 1 amide bonds. The zero-order valence-corrected chi connectivity index (χ0v) is 9.49. The summed E-state index contributed by atoms with van der Waals surface area (Å²) in [5, 5.41) is 2.51. The van der Waals surface area contributed by atoms with Crippen LogP contribution in [0, 0.1) is 0 Å². The molecule has 0 aromatic heterocycles. The van der Waals surface area contributed by atoms with E-state index in [4.69, 9.17) is 9.47 Å². The number of hydrogen-bond donors (Lipinski definition) is 1. The van der Waals surface area contributed by atoms with E-state index >= 15 is 0 Å². The smallest absolute Gasteiger partial charge is 0.223 e. The van der Waals surface area contributed by atoms with Gasteiger partial charge in [-0.25, -0.2) is 0 Å². The lowest BCUT2D eigenvalue weighted by Crippen LogP contribution is -2.20. The third kappa shape index (κ3) is 2.55. The van der Waals surface area contributed by atoms with Gasteiger partial charge < -0.3 is 14.8 Å². The zero-order valence-electron chi connectivity index (χ0n) is 9.49. The number of fused-ring (bicyclic) bond motifs is 1. The summed E-state index contributed by atoms with van der Waals surface area (Å²) in [5.41, 5.74) is 0.587. The largest absolute Gasteiger partial charge is 0.493 e. The number of nitrogens with one attached hydrogen (secondary N) is 1. The first-order valence-electron chi connectivity index (χ1n) is 5.34. The first-order chi connectivity index (χ1) is 8.20. The molecular weight excluding hydrogens is 222 g/mol. The van der Waals surface area contributed by atoms with Gasteiger partial charge in [-0.05, 0) is 12.1 Å². The van der Waals surface area contributed by atoms with Crippen molar-refractivity contribution in [2.24, 2.45) is 0 Å². The molecule has 0 saturated carbocycles. The number of ether oxygens (including phenoxy) is 2. The summed E-state index contributed by atoms with van der Waals surface area (Å²) in [6, 6.07) is 5.05. The van der Waals surface area contributed by atoms with E-state index < -0.39 is 0 Å². The highest BCUT2D eigenvalue weighted by Crippen LogP contribution is 2.29. The van der Waals surface area contributed by atoms with Gasteiger partial charge in [0, 0.05) is 13.1 Å². The molecule has 1 aromatic carbocycles. The van der Waals surface area contributed by atoms with E-state index in [-0.39, 0.29) is 18.3 Å². The molecule has 0 radical (unpaired) electrons. The van der Waals surface area contributed by atoms with Crippen LogP contribution >= 0.6 is 0 Å². The number of carbonyl (C=O) groups excluding carboxylic acids is 2. The van der Waals surface area contributed by atoms with Crippen LogP contribution in [0.2, 0.25) is 0 Å². The monoisotopic (exact) mass is 235 g/mol. The molecule has 0 saturated heterocycles. The van der Waals surface area contributed by atoms with Crippen molar-refractivity contribution in [2.75, 3.05) is 20.3 Å². The fourth-order valence-electron chi connectivity index (χ4n) is 1.55. The molecule has 1 aromatic rings. The van der Waals surface area contributed by atoms with Gasteiger partial charge in [0.2, 0.25) is 11.7 Å². The van der Waals surface area contributed by atoms with Crippen LogP contribution in [0.1, 0.15) is 16.8 Å². The van der Waals surface area contributed by atoms with E-state index in [0.717, 1.165) is 0 Å². The first-order valence-corrected chi connectivity index (χ1v) is 5.34. The van der Waals surface area contributed by atoms with Crippen LogP contribution in [-0.4, -0.2) is 32.0 Å². The molecular formula is C12H13NO4. The van der Waals surface area contributed by atoms with Crippen molar-refractivity contribution in [3.8, 4) is 11.5 Å². The van der Waals surface area contributed by atoms with Crippen LogP contribution in [0.15, 0.2) is 18.2 Å². The average molecular weight is 235 g/mol. The van der Waals surface area contributed by atoms with Crippen molar-refractivity contribution in [1.82, 2.24) is 5.32 Å². The molecule has 90 valence electrons. The Labute approximate surface area is 98.7 Å². The van der Waals surface area contributed by atoms with Crippen molar-refractivity contribution in [3.63, 3.8) is 0 Å². The number of ketones is 1. The van der Waals surface area contributed by atoms with E-state index in [0.29, 0.717) is 30.1 Å². The van der Waals surface area contributed by atoms with Crippen LogP contribution in [-0.2, 0) is 4.79 Å². The van der Waals surface area contributed by atoms with Gasteiger partial charge in [0.15, 0.2) is 6.61 Å². The quantitative estimate of drug-likeness (QED) is 0.837. The van der Waals surface area contributed by atoms with E-state index in [1.807, 2.05) is 0 Å². The van der Waals surface area contributed by atoms with Crippen molar-refractivity contribution in [1.29, 1.82) is 0 Å². The van der Waals surface area contributed by atoms with Gasteiger partial charge in [0.1, 0.15) is 11.5 Å². The summed E-state index contributed by atoms with van der Waals surface area (Å²) >= 11 is 0.